The fourth-order valence-corrected chi connectivity index (χ4v) is 2.13. The first-order valence-corrected chi connectivity index (χ1v) is 7.27. The number of hydrogen-bond donors (Lipinski definition) is 1. The highest BCUT2D eigenvalue weighted by atomic mass is 32.2. The van der Waals surface area contributed by atoms with Crippen molar-refractivity contribution in [3.8, 4) is 0 Å². The summed E-state index contributed by atoms with van der Waals surface area (Å²) in [6.45, 7) is 0. The lowest BCUT2D eigenvalue weighted by molar-refractivity contribution is 0.599. The molecule has 1 N–H and O–H groups in total. The molecular formula is C10H15N3O2S. The van der Waals surface area contributed by atoms with Crippen molar-refractivity contribution >= 4 is 15.7 Å². The molecule has 1 aliphatic carbocycles. The highest BCUT2D eigenvalue weighted by Crippen LogP contribution is 2.39. The van der Waals surface area contributed by atoms with Gasteiger partial charge in [-0.25, -0.2) is 18.4 Å². The Morgan fingerprint density at radius 3 is 2.62 bits per heavy atom. The third-order valence-electron chi connectivity index (χ3n) is 2.44. The number of rotatable bonds is 4. The second kappa shape index (κ2) is 4.01. The van der Waals surface area contributed by atoms with Crippen LogP contribution in [0.1, 0.15) is 30.3 Å². The Bertz CT molecular complexity index is 495. The summed E-state index contributed by atoms with van der Waals surface area (Å²) in [7, 11) is -1.31. The monoisotopic (exact) mass is 241 g/mol. The topological polar surface area (TPSA) is 72.0 Å². The highest BCUT2D eigenvalue weighted by molar-refractivity contribution is 7.89. The van der Waals surface area contributed by atoms with Gasteiger partial charge in [-0.2, -0.15) is 0 Å². The van der Waals surface area contributed by atoms with Crippen LogP contribution in [0.15, 0.2) is 6.07 Å². The van der Waals surface area contributed by atoms with Crippen molar-refractivity contribution in [3.63, 3.8) is 0 Å². The number of nitrogens with one attached hydrogen (secondary N) is 1. The van der Waals surface area contributed by atoms with Gasteiger partial charge in [0.1, 0.15) is 17.4 Å². The SMILES string of the molecule is CNc1cc(C2CC2)nc(CS(C)(=O)=O)n1. The molecule has 1 fully saturated rings. The van der Waals surface area contributed by atoms with E-state index in [1.807, 2.05) is 6.07 Å². The molecule has 0 spiro atoms. The molecule has 0 amide bonds. The van der Waals surface area contributed by atoms with Gasteiger partial charge < -0.3 is 5.32 Å². The standard InChI is InChI=1S/C10H15N3O2S/c1-11-9-5-8(7-3-4-7)12-10(13-9)6-16(2,14)15/h5,7H,3-4,6H2,1-2H3,(H,11,12,13). The van der Waals surface area contributed by atoms with Crippen molar-refractivity contribution in [1.29, 1.82) is 0 Å². The number of anilines is 1. The molecule has 16 heavy (non-hydrogen) atoms. The van der Waals surface area contributed by atoms with Gasteiger partial charge in [0.25, 0.3) is 0 Å². The smallest absolute Gasteiger partial charge is 0.154 e. The fraction of sp³-hybridized carbons (Fsp3) is 0.600. The number of nitrogens with zero attached hydrogens (tertiary/aromatic N) is 2. The lowest BCUT2D eigenvalue weighted by Gasteiger charge is -2.06. The van der Waals surface area contributed by atoms with Crippen molar-refractivity contribution in [2.45, 2.75) is 24.5 Å². The first-order valence-electron chi connectivity index (χ1n) is 5.21. The molecule has 88 valence electrons. The van der Waals surface area contributed by atoms with Crippen LogP contribution in [0.3, 0.4) is 0 Å². The van der Waals surface area contributed by atoms with E-state index in [1.54, 1.807) is 7.05 Å². The predicted molar refractivity (Wildman–Crippen MR) is 62.1 cm³/mol. The molecular weight excluding hydrogens is 226 g/mol. The van der Waals surface area contributed by atoms with Gasteiger partial charge in [-0.1, -0.05) is 0 Å². The summed E-state index contributed by atoms with van der Waals surface area (Å²) in [4.78, 5) is 8.44. The van der Waals surface area contributed by atoms with Crippen LogP contribution >= 0.6 is 0 Å². The molecule has 5 nitrogen and oxygen atoms in total. The molecule has 0 aromatic carbocycles. The summed E-state index contributed by atoms with van der Waals surface area (Å²) in [5, 5.41) is 2.93. The van der Waals surface area contributed by atoms with Crippen LogP contribution in [0.4, 0.5) is 5.82 Å². The average Bonchev–Trinajstić information content (AvgIpc) is 2.97. The summed E-state index contributed by atoms with van der Waals surface area (Å²) in [5.74, 6) is 1.47. The first kappa shape index (κ1) is 11.3. The summed E-state index contributed by atoms with van der Waals surface area (Å²) in [6.07, 6.45) is 3.47. The molecule has 1 aromatic rings. The first-order chi connectivity index (χ1) is 7.48. The molecule has 6 heteroatoms. The van der Waals surface area contributed by atoms with E-state index in [0.29, 0.717) is 17.6 Å². The van der Waals surface area contributed by atoms with E-state index in [1.165, 1.54) is 6.26 Å². The Labute approximate surface area is 95.2 Å². The maximum atomic E-state index is 11.2. The maximum Gasteiger partial charge on any atom is 0.154 e. The van der Waals surface area contributed by atoms with E-state index >= 15 is 0 Å². The van der Waals surface area contributed by atoms with Crippen LogP contribution in [0.2, 0.25) is 0 Å². The summed E-state index contributed by atoms with van der Waals surface area (Å²) in [5.41, 5.74) is 0.956. The Hall–Kier alpha value is -1.17. The molecule has 1 aromatic heterocycles. The molecule has 1 aliphatic rings. The minimum absolute atomic E-state index is 0.0950. The zero-order valence-corrected chi connectivity index (χ0v) is 10.2. The number of sulfone groups is 1. The summed E-state index contributed by atoms with van der Waals surface area (Å²) in [6, 6.07) is 1.89. The normalized spacial score (nSPS) is 16.1. The van der Waals surface area contributed by atoms with Crippen LogP contribution in [0.25, 0.3) is 0 Å². The van der Waals surface area contributed by atoms with E-state index in [0.717, 1.165) is 18.5 Å². The average molecular weight is 241 g/mol. The number of hydrogen-bond acceptors (Lipinski definition) is 5. The minimum Gasteiger partial charge on any atom is -0.373 e. The predicted octanol–water partition coefficient (Wildman–Crippen LogP) is 0.940. The molecule has 0 radical (unpaired) electrons. The fourth-order valence-electron chi connectivity index (χ4n) is 1.53. The van der Waals surface area contributed by atoms with Gasteiger partial charge >= 0.3 is 0 Å². The molecule has 1 saturated carbocycles. The summed E-state index contributed by atoms with van der Waals surface area (Å²) >= 11 is 0. The van der Waals surface area contributed by atoms with Crippen LogP contribution in [0.5, 0.6) is 0 Å². The van der Waals surface area contributed by atoms with Gasteiger partial charge in [0.2, 0.25) is 0 Å². The van der Waals surface area contributed by atoms with Gasteiger partial charge in [-0.05, 0) is 12.8 Å². The van der Waals surface area contributed by atoms with E-state index in [9.17, 15) is 8.42 Å². The molecule has 2 rings (SSSR count). The van der Waals surface area contributed by atoms with E-state index in [4.69, 9.17) is 0 Å². The Balaban J connectivity index is 2.33. The van der Waals surface area contributed by atoms with Crippen molar-refractivity contribution in [2.24, 2.45) is 0 Å². The van der Waals surface area contributed by atoms with Crippen LogP contribution in [0, 0.1) is 0 Å². The third-order valence-corrected chi connectivity index (χ3v) is 3.22. The van der Waals surface area contributed by atoms with Gasteiger partial charge in [0.15, 0.2) is 9.84 Å². The summed E-state index contributed by atoms with van der Waals surface area (Å²) < 4.78 is 22.4. The molecule has 0 unspecified atom stereocenters. The lowest BCUT2D eigenvalue weighted by Crippen LogP contribution is -2.08. The van der Waals surface area contributed by atoms with Crippen molar-refractivity contribution < 1.29 is 8.42 Å². The van der Waals surface area contributed by atoms with Crippen molar-refractivity contribution in [3.05, 3.63) is 17.6 Å². The minimum atomic E-state index is -3.08. The molecule has 0 aliphatic heterocycles. The van der Waals surface area contributed by atoms with Crippen LogP contribution < -0.4 is 5.32 Å². The quantitative estimate of drug-likeness (QED) is 0.849. The molecule has 0 atom stereocenters. The Kier molecular flexibility index (Phi) is 2.84. The van der Waals surface area contributed by atoms with E-state index in [2.05, 4.69) is 15.3 Å². The second-order valence-corrected chi connectivity index (χ2v) is 6.33. The Morgan fingerprint density at radius 1 is 1.44 bits per heavy atom. The van der Waals surface area contributed by atoms with E-state index in [-0.39, 0.29) is 5.75 Å². The van der Waals surface area contributed by atoms with Crippen molar-refractivity contribution in [2.75, 3.05) is 18.6 Å². The van der Waals surface area contributed by atoms with Crippen LogP contribution in [-0.2, 0) is 15.6 Å². The molecule has 1 heterocycles. The highest BCUT2D eigenvalue weighted by Gasteiger charge is 2.26. The van der Waals surface area contributed by atoms with Crippen molar-refractivity contribution in [1.82, 2.24) is 9.97 Å². The molecule has 0 bridgehead atoms. The molecule has 0 saturated heterocycles. The van der Waals surface area contributed by atoms with Crippen LogP contribution in [-0.4, -0.2) is 31.7 Å². The largest absolute Gasteiger partial charge is 0.373 e. The third kappa shape index (κ3) is 2.91. The Morgan fingerprint density at radius 2 is 2.12 bits per heavy atom. The van der Waals surface area contributed by atoms with Gasteiger partial charge in [-0.3, -0.25) is 0 Å². The maximum absolute atomic E-state index is 11.2. The zero-order valence-electron chi connectivity index (χ0n) is 9.40. The van der Waals surface area contributed by atoms with Gasteiger partial charge in [-0.15, -0.1) is 0 Å². The lowest BCUT2D eigenvalue weighted by atomic mass is 10.3. The van der Waals surface area contributed by atoms with Gasteiger partial charge in [0, 0.05) is 31.0 Å². The van der Waals surface area contributed by atoms with E-state index < -0.39 is 9.84 Å². The zero-order chi connectivity index (χ0) is 11.8. The number of aromatic nitrogens is 2. The second-order valence-electron chi connectivity index (χ2n) is 4.19. The van der Waals surface area contributed by atoms with Gasteiger partial charge in [0.05, 0.1) is 0 Å².